The maximum absolute atomic E-state index is 12.3. The topological polar surface area (TPSA) is 132 Å². The molecule has 0 bridgehead atoms. The number of nitrogens with zero attached hydrogens (tertiary/aromatic N) is 2. The molecule has 30 heavy (non-hydrogen) atoms. The first-order valence-corrected chi connectivity index (χ1v) is 9.07. The summed E-state index contributed by atoms with van der Waals surface area (Å²) in [4.78, 5) is 34.6. The number of nitro groups is 1. The van der Waals surface area contributed by atoms with Gasteiger partial charge in [0.05, 0.1) is 37.3 Å². The number of methoxy groups -OCH3 is 1. The van der Waals surface area contributed by atoms with E-state index >= 15 is 0 Å². The molecule has 10 heteroatoms. The van der Waals surface area contributed by atoms with Crippen LogP contribution in [0.3, 0.4) is 0 Å². The fourth-order valence-corrected chi connectivity index (χ4v) is 2.59. The van der Waals surface area contributed by atoms with Crippen LogP contribution in [0.1, 0.15) is 30.5 Å². The zero-order valence-corrected chi connectivity index (χ0v) is 16.5. The summed E-state index contributed by atoms with van der Waals surface area (Å²) < 4.78 is 9.83. The maximum Gasteiger partial charge on any atom is 0.407 e. The molecule has 0 heterocycles. The van der Waals surface area contributed by atoms with E-state index in [1.54, 1.807) is 37.3 Å². The van der Waals surface area contributed by atoms with Crippen molar-refractivity contribution in [1.29, 1.82) is 0 Å². The quantitative estimate of drug-likeness (QED) is 0.368. The maximum atomic E-state index is 12.3. The van der Waals surface area contributed by atoms with Gasteiger partial charge in [-0.1, -0.05) is 30.3 Å². The second-order valence-corrected chi connectivity index (χ2v) is 6.01. The Hall–Kier alpha value is -3.95. The number of ether oxygens (including phenoxy) is 2. The van der Waals surface area contributed by atoms with Gasteiger partial charge < -0.3 is 14.8 Å². The summed E-state index contributed by atoms with van der Waals surface area (Å²) in [6.45, 7) is 1.89. The van der Waals surface area contributed by atoms with E-state index in [2.05, 4.69) is 15.8 Å². The summed E-state index contributed by atoms with van der Waals surface area (Å²) in [5.74, 6) is -0.336. The first-order chi connectivity index (χ1) is 14.4. The van der Waals surface area contributed by atoms with Crippen molar-refractivity contribution in [1.82, 2.24) is 10.7 Å². The van der Waals surface area contributed by atoms with Crippen LogP contribution in [0.5, 0.6) is 5.75 Å². The van der Waals surface area contributed by atoms with Crippen molar-refractivity contribution in [2.24, 2.45) is 5.10 Å². The number of nitrogens with one attached hydrogen (secondary N) is 2. The van der Waals surface area contributed by atoms with Crippen molar-refractivity contribution in [2.75, 3.05) is 13.7 Å². The zero-order chi connectivity index (χ0) is 21.9. The highest BCUT2D eigenvalue weighted by atomic mass is 16.6. The SMILES string of the molecule is CCOC(=O)N[C@H](CC(=O)N/N=C\c1ccc(OC)c([N+](=O)[O-])c1)c1ccccc1. The molecule has 2 aromatic rings. The first-order valence-electron chi connectivity index (χ1n) is 9.07. The Labute approximate surface area is 173 Å². The Morgan fingerprint density at radius 3 is 2.60 bits per heavy atom. The van der Waals surface area contributed by atoms with E-state index in [0.29, 0.717) is 5.56 Å². The highest BCUT2D eigenvalue weighted by molar-refractivity contribution is 5.84. The molecule has 0 saturated heterocycles. The molecule has 2 N–H and O–H groups in total. The van der Waals surface area contributed by atoms with Crippen LogP contribution in [-0.2, 0) is 9.53 Å². The summed E-state index contributed by atoms with van der Waals surface area (Å²) >= 11 is 0. The van der Waals surface area contributed by atoms with Gasteiger partial charge in [0, 0.05) is 11.6 Å². The lowest BCUT2D eigenvalue weighted by Gasteiger charge is -2.18. The van der Waals surface area contributed by atoms with Crippen molar-refractivity contribution in [3.63, 3.8) is 0 Å². The minimum Gasteiger partial charge on any atom is -0.490 e. The van der Waals surface area contributed by atoms with Crippen LogP contribution in [0.2, 0.25) is 0 Å². The molecule has 2 rings (SSSR count). The van der Waals surface area contributed by atoms with Crippen molar-refractivity contribution in [3.05, 3.63) is 69.8 Å². The molecule has 2 amide bonds. The monoisotopic (exact) mass is 414 g/mol. The number of carbonyl (C=O) groups is 2. The van der Waals surface area contributed by atoms with Gasteiger partial charge in [-0.25, -0.2) is 10.2 Å². The second kappa shape index (κ2) is 11.1. The van der Waals surface area contributed by atoms with Crippen LogP contribution in [-0.4, -0.2) is 36.9 Å². The number of alkyl carbamates (subject to hydrolysis) is 1. The van der Waals surface area contributed by atoms with Gasteiger partial charge in [0.2, 0.25) is 5.91 Å². The van der Waals surface area contributed by atoms with Gasteiger partial charge in [-0.05, 0) is 24.6 Å². The Bertz CT molecular complexity index is 917. The van der Waals surface area contributed by atoms with Gasteiger partial charge in [0.1, 0.15) is 0 Å². The molecule has 0 radical (unpaired) electrons. The van der Waals surface area contributed by atoms with Gasteiger partial charge in [-0.15, -0.1) is 0 Å². The molecule has 0 aliphatic heterocycles. The van der Waals surface area contributed by atoms with E-state index in [-0.39, 0.29) is 24.5 Å². The third kappa shape index (κ3) is 6.59. The average molecular weight is 414 g/mol. The zero-order valence-electron chi connectivity index (χ0n) is 16.5. The third-order valence-corrected chi connectivity index (χ3v) is 3.96. The molecule has 0 saturated carbocycles. The number of rotatable bonds is 9. The number of amides is 2. The van der Waals surface area contributed by atoms with Crippen LogP contribution in [0, 0.1) is 10.1 Å². The second-order valence-electron chi connectivity index (χ2n) is 6.01. The van der Waals surface area contributed by atoms with Crippen molar-refractivity contribution in [3.8, 4) is 5.75 Å². The molecule has 0 aromatic heterocycles. The highest BCUT2D eigenvalue weighted by Crippen LogP contribution is 2.26. The average Bonchev–Trinajstić information content (AvgIpc) is 2.74. The Balaban J connectivity index is 2.04. The predicted octanol–water partition coefficient (Wildman–Crippen LogP) is 2.93. The summed E-state index contributed by atoms with van der Waals surface area (Å²) in [5.41, 5.74) is 3.28. The van der Waals surface area contributed by atoms with Crippen LogP contribution >= 0.6 is 0 Å². The van der Waals surface area contributed by atoms with Crippen molar-refractivity contribution < 1.29 is 24.0 Å². The van der Waals surface area contributed by atoms with Gasteiger partial charge >= 0.3 is 11.8 Å². The number of hydrazone groups is 1. The lowest BCUT2D eigenvalue weighted by molar-refractivity contribution is -0.385. The van der Waals surface area contributed by atoms with E-state index in [1.807, 2.05) is 6.07 Å². The largest absolute Gasteiger partial charge is 0.490 e. The lowest BCUT2D eigenvalue weighted by Crippen LogP contribution is -2.33. The molecule has 0 spiro atoms. The normalized spacial score (nSPS) is 11.5. The highest BCUT2D eigenvalue weighted by Gasteiger charge is 2.19. The minimum atomic E-state index is -0.631. The van der Waals surface area contributed by atoms with Crippen LogP contribution in [0.25, 0.3) is 0 Å². The number of carbonyl (C=O) groups excluding carboxylic acids is 2. The Morgan fingerprint density at radius 2 is 1.97 bits per heavy atom. The molecule has 0 unspecified atom stereocenters. The molecular weight excluding hydrogens is 392 g/mol. The summed E-state index contributed by atoms with van der Waals surface area (Å²) in [6.07, 6.45) is 0.567. The van der Waals surface area contributed by atoms with Gasteiger partial charge in [-0.2, -0.15) is 5.10 Å². The molecule has 0 aliphatic carbocycles. The minimum absolute atomic E-state index is 0.0804. The molecule has 2 aromatic carbocycles. The van der Waals surface area contributed by atoms with Gasteiger partial charge in [0.25, 0.3) is 0 Å². The number of hydrogen-bond donors (Lipinski definition) is 2. The Kier molecular flexibility index (Phi) is 8.30. The smallest absolute Gasteiger partial charge is 0.407 e. The molecule has 158 valence electrons. The standard InChI is InChI=1S/C20H22N4O6/c1-3-30-20(26)22-16(15-7-5-4-6-8-15)12-19(25)23-21-13-14-9-10-18(29-2)17(11-14)24(27)28/h4-11,13,16H,3,12H2,1-2H3,(H,22,26)(H,23,25)/b21-13-/t16-/m1/s1. The van der Waals surface area contributed by atoms with Crippen LogP contribution in [0.15, 0.2) is 53.6 Å². The fraction of sp³-hybridized carbons (Fsp3) is 0.250. The molecule has 1 atom stereocenters. The first kappa shape index (κ1) is 22.3. The van der Waals surface area contributed by atoms with Crippen LogP contribution in [0.4, 0.5) is 10.5 Å². The summed E-state index contributed by atoms with van der Waals surface area (Å²) in [5, 5.41) is 17.5. The van der Waals surface area contributed by atoms with E-state index in [0.717, 1.165) is 5.56 Å². The predicted molar refractivity (Wildman–Crippen MR) is 109 cm³/mol. The van der Waals surface area contributed by atoms with E-state index in [4.69, 9.17) is 9.47 Å². The number of nitro benzene ring substituents is 1. The van der Waals surface area contributed by atoms with E-state index in [9.17, 15) is 19.7 Å². The third-order valence-electron chi connectivity index (χ3n) is 3.96. The molecule has 0 aliphatic rings. The van der Waals surface area contributed by atoms with E-state index in [1.165, 1.54) is 25.5 Å². The van der Waals surface area contributed by atoms with E-state index < -0.39 is 23.0 Å². The Morgan fingerprint density at radius 1 is 1.23 bits per heavy atom. The molecule has 0 fully saturated rings. The van der Waals surface area contributed by atoms with Gasteiger partial charge in [-0.3, -0.25) is 14.9 Å². The van der Waals surface area contributed by atoms with Crippen LogP contribution < -0.4 is 15.5 Å². The molecular formula is C20H22N4O6. The molecule has 10 nitrogen and oxygen atoms in total. The number of hydrogen-bond acceptors (Lipinski definition) is 7. The number of benzene rings is 2. The van der Waals surface area contributed by atoms with Gasteiger partial charge in [0.15, 0.2) is 5.75 Å². The lowest BCUT2D eigenvalue weighted by atomic mass is 10.0. The summed E-state index contributed by atoms with van der Waals surface area (Å²) in [6, 6.07) is 12.7. The van der Waals surface area contributed by atoms with Crippen molar-refractivity contribution in [2.45, 2.75) is 19.4 Å². The fourth-order valence-electron chi connectivity index (χ4n) is 2.59. The van der Waals surface area contributed by atoms with Crippen molar-refractivity contribution >= 4 is 23.9 Å². The summed E-state index contributed by atoms with van der Waals surface area (Å²) in [7, 11) is 1.34.